The van der Waals surface area contributed by atoms with Gasteiger partial charge in [-0.3, -0.25) is 0 Å². The predicted molar refractivity (Wildman–Crippen MR) is 101 cm³/mol. The standard InChI is InChI=1S/C23H18O3/c24-23(25)22(17-20-9-5-2-6-10-20)26-21-15-13-19(14-16-21)12-11-18-7-3-1-4-8-18/h1-10,13-16,22H,17H2,(H,24,25). The van der Waals surface area contributed by atoms with Crippen LogP contribution in [0.3, 0.4) is 0 Å². The first-order valence-corrected chi connectivity index (χ1v) is 8.31. The van der Waals surface area contributed by atoms with Crippen LogP contribution in [0.2, 0.25) is 0 Å². The van der Waals surface area contributed by atoms with Crippen LogP contribution in [0, 0.1) is 11.8 Å². The van der Waals surface area contributed by atoms with Crippen molar-refractivity contribution < 1.29 is 14.6 Å². The SMILES string of the molecule is O=C(O)C(Cc1ccccc1)Oc1ccc(C#Cc2ccccc2)cc1. The molecule has 0 fully saturated rings. The number of rotatable bonds is 5. The van der Waals surface area contributed by atoms with Crippen LogP contribution in [0.15, 0.2) is 84.9 Å². The van der Waals surface area contributed by atoms with E-state index in [4.69, 9.17) is 4.74 Å². The van der Waals surface area contributed by atoms with Crippen LogP contribution in [-0.4, -0.2) is 17.2 Å². The van der Waals surface area contributed by atoms with E-state index >= 15 is 0 Å². The van der Waals surface area contributed by atoms with Crippen molar-refractivity contribution in [3.8, 4) is 17.6 Å². The number of benzene rings is 3. The number of hydrogen-bond donors (Lipinski definition) is 1. The Morgan fingerprint density at radius 2 is 1.35 bits per heavy atom. The van der Waals surface area contributed by atoms with Crippen molar-refractivity contribution in [1.29, 1.82) is 0 Å². The molecule has 0 radical (unpaired) electrons. The zero-order valence-corrected chi connectivity index (χ0v) is 14.1. The Kier molecular flexibility index (Phi) is 5.69. The largest absolute Gasteiger partial charge is 0.478 e. The highest BCUT2D eigenvalue weighted by atomic mass is 16.5. The van der Waals surface area contributed by atoms with Gasteiger partial charge in [0.1, 0.15) is 5.75 Å². The third kappa shape index (κ3) is 4.99. The zero-order chi connectivity index (χ0) is 18.2. The fourth-order valence-corrected chi connectivity index (χ4v) is 2.45. The topological polar surface area (TPSA) is 46.5 Å². The van der Waals surface area contributed by atoms with Crippen LogP contribution in [0.1, 0.15) is 16.7 Å². The summed E-state index contributed by atoms with van der Waals surface area (Å²) in [4.78, 5) is 11.5. The molecule has 3 aromatic carbocycles. The van der Waals surface area contributed by atoms with Crippen molar-refractivity contribution in [2.45, 2.75) is 12.5 Å². The second-order valence-electron chi connectivity index (χ2n) is 5.77. The quantitative estimate of drug-likeness (QED) is 0.708. The van der Waals surface area contributed by atoms with E-state index in [-0.39, 0.29) is 0 Å². The zero-order valence-electron chi connectivity index (χ0n) is 14.1. The molecule has 0 bridgehead atoms. The Bertz CT molecular complexity index is 904. The highest BCUT2D eigenvalue weighted by Gasteiger charge is 2.19. The van der Waals surface area contributed by atoms with Crippen molar-refractivity contribution in [3.05, 3.63) is 102 Å². The smallest absolute Gasteiger partial charge is 0.345 e. The lowest BCUT2D eigenvalue weighted by molar-refractivity contribution is -0.145. The van der Waals surface area contributed by atoms with Gasteiger partial charge in [0.2, 0.25) is 0 Å². The van der Waals surface area contributed by atoms with E-state index in [1.54, 1.807) is 12.1 Å². The molecule has 128 valence electrons. The maximum absolute atomic E-state index is 11.5. The molecule has 0 aliphatic rings. The minimum absolute atomic E-state index is 0.311. The van der Waals surface area contributed by atoms with Crippen LogP contribution in [0.5, 0.6) is 5.75 Å². The summed E-state index contributed by atoms with van der Waals surface area (Å²) in [7, 11) is 0. The molecule has 0 aliphatic heterocycles. The summed E-state index contributed by atoms with van der Waals surface area (Å²) >= 11 is 0. The summed E-state index contributed by atoms with van der Waals surface area (Å²) in [6.07, 6.45) is -0.621. The Labute approximate surface area is 152 Å². The molecule has 0 spiro atoms. The Morgan fingerprint density at radius 3 is 1.92 bits per heavy atom. The molecule has 1 atom stereocenters. The Morgan fingerprint density at radius 1 is 0.808 bits per heavy atom. The van der Waals surface area contributed by atoms with E-state index in [1.807, 2.05) is 72.8 Å². The molecule has 3 aromatic rings. The Balaban J connectivity index is 1.67. The fraction of sp³-hybridized carbons (Fsp3) is 0.0870. The molecule has 3 rings (SSSR count). The molecular weight excluding hydrogens is 324 g/mol. The number of carboxylic acid groups (broad SMARTS) is 1. The van der Waals surface area contributed by atoms with Gasteiger partial charge in [-0.25, -0.2) is 4.79 Å². The molecule has 1 unspecified atom stereocenters. The van der Waals surface area contributed by atoms with Crippen molar-refractivity contribution in [3.63, 3.8) is 0 Å². The van der Waals surface area contributed by atoms with Gasteiger partial charge in [0.25, 0.3) is 0 Å². The number of carboxylic acids is 1. The minimum atomic E-state index is -0.984. The van der Waals surface area contributed by atoms with Gasteiger partial charge in [0.05, 0.1) is 0 Å². The van der Waals surface area contributed by atoms with Crippen molar-refractivity contribution in [2.75, 3.05) is 0 Å². The summed E-state index contributed by atoms with van der Waals surface area (Å²) in [6.45, 7) is 0. The summed E-state index contributed by atoms with van der Waals surface area (Å²) in [5, 5.41) is 9.41. The molecular formula is C23H18O3. The van der Waals surface area contributed by atoms with E-state index in [2.05, 4.69) is 11.8 Å². The van der Waals surface area contributed by atoms with Crippen LogP contribution >= 0.6 is 0 Å². The van der Waals surface area contributed by atoms with Crippen LogP contribution in [0.25, 0.3) is 0 Å². The summed E-state index contributed by atoms with van der Waals surface area (Å²) in [6, 6.07) is 26.3. The predicted octanol–water partition coefficient (Wildman–Crippen LogP) is 4.16. The Hall–Kier alpha value is -3.51. The van der Waals surface area contributed by atoms with Gasteiger partial charge >= 0.3 is 5.97 Å². The first-order chi connectivity index (χ1) is 12.7. The molecule has 0 heterocycles. The summed E-state index contributed by atoms with van der Waals surface area (Å²) < 4.78 is 5.65. The molecule has 1 N–H and O–H groups in total. The number of aliphatic carboxylic acids is 1. The average molecular weight is 342 g/mol. The summed E-state index contributed by atoms with van der Waals surface area (Å²) in [5.74, 6) is 5.70. The van der Waals surface area contributed by atoms with E-state index < -0.39 is 12.1 Å². The lowest BCUT2D eigenvalue weighted by atomic mass is 10.1. The molecule has 3 nitrogen and oxygen atoms in total. The van der Waals surface area contributed by atoms with Gasteiger partial charge in [0, 0.05) is 17.5 Å². The summed E-state index contributed by atoms with van der Waals surface area (Å²) in [5.41, 5.74) is 2.71. The van der Waals surface area contributed by atoms with E-state index in [0.29, 0.717) is 12.2 Å². The number of hydrogen-bond acceptors (Lipinski definition) is 2. The molecule has 0 aromatic heterocycles. The van der Waals surface area contributed by atoms with Crippen LogP contribution < -0.4 is 4.74 Å². The van der Waals surface area contributed by atoms with Gasteiger partial charge < -0.3 is 9.84 Å². The third-order valence-electron chi connectivity index (χ3n) is 3.80. The first kappa shape index (κ1) is 17.3. The van der Waals surface area contributed by atoms with Gasteiger partial charge in [-0.15, -0.1) is 0 Å². The van der Waals surface area contributed by atoms with Crippen LogP contribution in [-0.2, 0) is 11.2 Å². The maximum atomic E-state index is 11.5. The molecule has 3 heteroatoms. The molecule has 0 saturated carbocycles. The molecule has 0 saturated heterocycles. The van der Waals surface area contributed by atoms with E-state index in [0.717, 1.165) is 16.7 Å². The molecule has 26 heavy (non-hydrogen) atoms. The lowest BCUT2D eigenvalue weighted by Gasteiger charge is -2.15. The van der Waals surface area contributed by atoms with Crippen LogP contribution in [0.4, 0.5) is 0 Å². The highest BCUT2D eigenvalue weighted by Crippen LogP contribution is 2.16. The van der Waals surface area contributed by atoms with Gasteiger partial charge in [0.15, 0.2) is 6.10 Å². The second-order valence-corrected chi connectivity index (χ2v) is 5.77. The van der Waals surface area contributed by atoms with Gasteiger partial charge in [-0.2, -0.15) is 0 Å². The maximum Gasteiger partial charge on any atom is 0.345 e. The van der Waals surface area contributed by atoms with Gasteiger partial charge in [-0.05, 0) is 42.0 Å². The van der Waals surface area contributed by atoms with E-state index in [9.17, 15) is 9.90 Å². The third-order valence-corrected chi connectivity index (χ3v) is 3.80. The first-order valence-electron chi connectivity index (χ1n) is 8.31. The minimum Gasteiger partial charge on any atom is -0.478 e. The van der Waals surface area contributed by atoms with Gasteiger partial charge in [-0.1, -0.05) is 60.4 Å². The lowest BCUT2D eigenvalue weighted by Crippen LogP contribution is -2.29. The second kappa shape index (κ2) is 8.55. The molecule has 0 aliphatic carbocycles. The van der Waals surface area contributed by atoms with Crippen molar-refractivity contribution in [1.82, 2.24) is 0 Å². The van der Waals surface area contributed by atoms with E-state index in [1.165, 1.54) is 0 Å². The molecule has 0 amide bonds. The highest BCUT2D eigenvalue weighted by molar-refractivity contribution is 5.73. The number of carbonyl (C=O) groups is 1. The van der Waals surface area contributed by atoms with Crippen molar-refractivity contribution >= 4 is 5.97 Å². The average Bonchev–Trinajstić information content (AvgIpc) is 2.68. The fourth-order valence-electron chi connectivity index (χ4n) is 2.45. The van der Waals surface area contributed by atoms with Crippen molar-refractivity contribution in [2.24, 2.45) is 0 Å². The monoisotopic (exact) mass is 342 g/mol. The number of ether oxygens (including phenoxy) is 1. The normalized spacial score (nSPS) is 11.1.